The monoisotopic (exact) mass is 169 g/mol. The Morgan fingerprint density at radius 3 is 2.92 bits per heavy atom. The minimum atomic E-state index is -0.471. The fraction of sp³-hybridized carbons (Fsp3) is 0. The van der Waals surface area contributed by atoms with Gasteiger partial charge in [-0.3, -0.25) is 10.4 Å². The Balaban J connectivity index is 2.89. The Hall–Kier alpha value is -1.69. The lowest BCUT2D eigenvalue weighted by Gasteiger charge is -1.97. The first-order chi connectivity index (χ1) is 5.72. The number of guanidine groups is 1. The van der Waals surface area contributed by atoms with Crippen LogP contribution in [0.25, 0.3) is 0 Å². The molecule has 0 radical (unpaired) electrons. The molecule has 0 spiro atoms. The summed E-state index contributed by atoms with van der Waals surface area (Å²) in [7, 11) is 0. The first-order valence-electron chi connectivity index (χ1n) is 3.13. The number of halogens is 1. The molecule has 0 bridgehead atoms. The van der Waals surface area contributed by atoms with Crippen molar-refractivity contribution in [2.24, 2.45) is 16.6 Å². The lowest BCUT2D eigenvalue weighted by Crippen LogP contribution is -2.36. The van der Waals surface area contributed by atoms with Crippen molar-refractivity contribution < 1.29 is 4.39 Å². The molecule has 0 atom stereocenters. The lowest BCUT2D eigenvalue weighted by molar-refractivity contribution is 0.622. The summed E-state index contributed by atoms with van der Waals surface area (Å²) in [6.07, 6.45) is 2.44. The van der Waals surface area contributed by atoms with Crippen LogP contribution in [-0.4, -0.2) is 10.9 Å². The first-order valence-corrected chi connectivity index (χ1v) is 3.13. The molecule has 0 saturated heterocycles. The largest absolute Gasteiger partial charge is 0.369 e. The summed E-state index contributed by atoms with van der Waals surface area (Å²) in [5.41, 5.74) is 7.64. The van der Waals surface area contributed by atoms with Crippen LogP contribution in [0.15, 0.2) is 23.5 Å². The van der Waals surface area contributed by atoms with E-state index in [0.29, 0.717) is 5.69 Å². The van der Waals surface area contributed by atoms with Crippen molar-refractivity contribution in [2.75, 3.05) is 0 Å². The van der Waals surface area contributed by atoms with E-state index in [0.717, 1.165) is 6.20 Å². The van der Waals surface area contributed by atoms with Crippen LogP contribution in [0.4, 0.5) is 10.1 Å². The highest BCUT2D eigenvalue weighted by molar-refractivity contribution is 5.80. The number of nitrogens with zero attached hydrogens (tertiary/aromatic N) is 2. The molecular weight excluding hydrogens is 161 g/mol. The first kappa shape index (κ1) is 8.41. The molecule has 6 heteroatoms. The maximum absolute atomic E-state index is 12.5. The van der Waals surface area contributed by atoms with Gasteiger partial charge in [0.25, 0.3) is 0 Å². The zero-order chi connectivity index (χ0) is 8.97. The second-order valence-corrected chi connectivity index (χ2v) is 2.00. The van der Waals surface area contributed by atoms with Crippen LogP contribution in [-0.2, 0) is 0 Å². The molecule has 1 aromatic rings. The van der Waals surface area contributed by atoms with Crippen LogP contribution in [0.1, 0.15) is 0 Å². The second-order valence-electron chi connectivity index (χ2n) is 2.00. The average Bonchev–Trinajstić information content (AvgIpc) is 2.04. The lowest BCUT2D eigenvalue weighted by atomic mass is 10.4. The number of pyridine rings is 1. The molecule has 0 fully saturated rings. The maximum Gasteiger partial charge on any atom is 0.208 e. The topological polar surface area (TPSA) is 89.3 Å². The van der Waals surface area contributed by atoms with Crippen LogP contribution < -0.4 is 17.0 Å². The molecule has 0 aliphatic carbocycles. The Morgan fingerprint density at radius 2 is 2.33 bits per heavy atom. The van der Waals surface area contributed by atoms with Crippen molar-refractivity contribution in [3.63, 3.8) is 0 Å². The summed E-state index contributed by atoms with van der Waals surface area (Å²) < 4.78 is 12.5. The summed E-state index contributed by atoms with van der Waals surface area (Å²) in [6.45, 7) is 0. The van der Waals surface area contributed by atoms with Crippen LogP contribution in [0.5, 0.6) is 0 Å². The van der Waals surface area contributed by atoms with E-state index in [9.17, 15) is 4.39 Å². The fourth-order valence-electron chi connectivity index (χ4n) is 0.633. The summed E-state index contributed by atoms with van der Waals surface area (Å²) in [6, 6.07) is 1.19. The van der Waals surface area contributed by atoms with Gasteiger partial charge in [0, 0.05) is 6.07 Å². The molecule has 1 heterocycles. The smallest absolute Gasteiger partial charge is 0.208 e. The van der Waals surface area contributed by atoms with Gasteiger partial charge in [-0.15, -0.1) is 0 Å². The Morgan fingerprint density at radius 1 is 1.58 bits per heavy atom. The third-order valence-electron chi connectivity index (χ3n) is 1.09. The quantitative estimate of drug-likeness (QED) is 0.231. The minimum absolute atomic E-state index is 0.00222. The van der Waals surface area contributed by atoms with Gasteiger partial charge in [0.15, 0.2) is 0 Å². The van der Waals surface area contributed by atoms with Crippen molar-refractivity contribution in [3.8, 4) is 0 Å². The van der Waals surface area contributed by atoms with Gasteiger partial charge in [0.1, 0.15) is 5.82 Å². The van der Waals surface area contributed by atoms with Crippen molar-refractivity contribution >= 4 is 11.6 Å². The zero-order valence-corrected chi connectivity index (χ0v) is 6.16. The number of rotatable bonds is 1. The summed E-state index contributed by atoms with van der Waals surface area (Å²) >= 11 is 0. The van der Waals surface area contributed by atoms with Gasteiger partial charge in [-0.1, -0.05) is 0 Å². The maximum atomic E-state index is 12.5. The number of aromatic nitrogens is 1. The highest BCUT2D eigenvalue weighted by Crippen LogP contribution is 2.09. The van der Waals surface area contributed by atoms with Crippen LogP contribution in [0, 0.1) is 5.82 Å². The van der Waals surface area contributed by atoms with Crippen molar-refractivity contribution in [3.05, 3.63) is 24.3 Å². The van der Waals surface area contributed by atoms with Gasteiger partial charge in [0.05, 0.1) is 18.1 Å². The second kappa shape index (κ2) is 3.63. The fourth-order valence-corrected chi connectivity index (χ4v) is 0.633. The van der Waals surface area contributed by atoms with E-state index in [4.69, 9.17) is 11.6 Å². The van der Waals surface area contributed by atoms with Crippen LogP contribution in [0.3, 0.4) is 0 Å². The van der Waals surface area contributed by atoms with E-state index in [-0.39, 0.29) is 5.96 Å². The molecule has 0 saturated carbocycles. The summed E-state index contributed by atoms with van der Waals surface area (Å²) in [5.74, 6) is 4.47. The van der Waals surface area contributed by atoms with E-state index in [1.807, 2.05) is 0 Å². The summed E-state index contributed by atoms with van der Waals surface area (Å²) in [4.78, 5) is 7.26. The van der Waals surface area contributed by atoms with Crippen molar-refractivity contribution in [2.45, 2.75) is 0 Å². The van der Waals surface area contributed by atoms with E-state index >= 15 is 0 Å². The standard InChI is InChI=1S/C6H8FN5/c7-4-1-5(3-10-2-4)11-6(8)12-9/h1-3H,9H2,(H3,8,11,12). The van der Waals surface area contributed by atoms with Crippen LogP contribution >= 0.6 is 0 Å². The molecule has 0 amide bonds. The van der Waals surface area contributed by atoms with Crippen LogP contribution in [0.2, 0.25) is 0 Å². The van der Waals surface area contributed by atoms with Crippen molar-refractivity contribution in [1.29, 1.82) is 0 Å². The van der Waals surface area contributed by atoms with Gasteiger partial charge in [0.2, 0.25) is 5.96 Å². The van der Waals surface area contributed by atoms with Gasteiger partial charge in [-0.05, 0) is 0 Å². The van der Waals surface area contributed by atoms with Crippen molar-refractivity contribution in [1.82, 2.24) is 10.4 Å². The number of hydrazine groups is 1. The third-order valence-corrected chi connectivity index (χ3v) is 1.09. The predicted molar refractivity (Wildman–Crippen MR) is 42.8 cm³/mol. The van der Waals surface area contributed by atoms with Gasteiger partial charge in [-0.25, -0.2) is 15.2 Å². The molecule has 5 nitrogen and oxygen atoms in total. The number of nitrogens with two attached hydrogens (primary N) is 2. The molecule has 5 N–H and O–H groups in total. The number of nitrogens with one attached hydrogen (secondary N) is 1. The number of aliphatic imine (C=N–C) groups is 1. The highest BCUT2D eigenvalue weighted by atomic mass is 19.1. The molecule has 12 heavy (non-hydrogen) atoms. The van der Waals surface area contributed by atoms with E-state index < -0.39 is 5.82 Å². The predicted octanol–water partition coefficient (Wildman–Crippen LogP) is -0.370. The molecule has 1 aromatic heterocycles. The molecule has 0 aliphatic rings. The zero-order valence-electron chi connectivity index (χ0n) is 6.16. The van der Waals surface area contributed by atoms with E-state index in [1.165, 1.54) is 12.3 Å². The Bertz CT molecular complexity index is 298. The molecular formula is C6H8FN5. The summed E-state index contributed by atoms with van der Waals surface area (Å²) in [5, 5.41) is 0. The number of hydrogen-bond donors (Lipinski definition) is 3. The number of hydrogen-bond acceptors (Lipinski definition) is 3. The normalized spacial score (nSPS) is 11.3. The SMILES string of the molecule is NNC(N)=Nc1cncc(F)c1. The van der Waals surface area contributed by atoms with E-state index in [1.54, 1.807) is 0 Å². The van der Waals surface area contributed by atoms with Gasteiger partial charge < -0.3 is 5.73 Å². The Kier molecular flexibility index (Phi) is 2.54. The molecule has 64 valence electrons. The minimum Gasteiger partial charge on any atom is -0.369 e. The Labute approximate surface area is 68.3 Å². The van der Waals surface area contributed by atoms with Gasteiger partial charge in [-0.2, -0.15) is 0 Å². The molecule has 0 aliphatic heterocycles. The third kappa shape index (κ3) is 2.17. The molecule has 0 aromatic carbocycles. The average molecular weight is 169 g/mol. The molecule has 0 unspecified atom stereocenters. The van der Waals surface area contributed by atoms with E-state index in [2.05, 4.69) is 15.4 Å². The molecule has 1 rings (SSSR count). The van der Waals surface area contributed by atoms with Gasteiger partial charge >= 0.3 is 0 Å². The highest BCUT2D eigenvalue weighted by Gasteiger charge is 1.93.